The molecule has 0 saturated heterocycles. The predicted octanol–water partition coefficient (Wildman–Crippen LogP) is 1.14. The number of hydrogen-bond acceptors (Lipinski definition) is 4. The van der Waals surface area contributed by atoms with Crippen molar-refractivity contribution < 1.29 is 19.1 Å². The van der Waals surface area contributed by atoms with E-state index in [0.717, 1.165) is 12.8 Å². The third-order valence-corrected chi connectivity index (χ3v) is 2.36. The zero-order valence-electron chi connectivity index (χ0n) is 8.62. The van der Waals surface area contributed by atoms with Crippen LogP contribution in [0.5, 0.6) is 0 Å². The second-order valence-corrected chi connectivity index (χ2v) is 3.69. The molecule has 0 aromatic rings. The van der Waals surface area contributed by atoms with E-state index in [9.17, 15) is 9.59 Å². The van der Waals surface area contributed by atoms with Crippen LogP contribution in [0.1, 0.15) is 26.7 Å². The van der Waals surface area contributed by atoms with Crippen LogP contribution in [-0.4, -0.2) is 25.2 Å². The summed E-state index contributed by atoms with van der Waals surface area (Å²) < 4.78 is 9.70. The summed E-state index contributed by atoms with van der Waals surface area (Å²) in [6, 6.07) is 0. The fourth-order valence-electron chi connectivity index (χ4n) is 1.45. The lowest BCUT2D eigenvalue weighted by Crippen LogP contribution is -2.05. The van der Waals surface area contributed by atoms with Crippen molar-refractivity contribution in [3.8, 4) is 0 Å². The van der Waals surface area contributed by atoms with Crippen LogP contribution in [0.4, 0.5) is 0 Å². The summed E-state index contributed by atoms with van der Waals surface area (Å²) in [6.07, 6.45) is 1.96. The molecule has 0 N–H and O–H groups in total. The number of rotatable bonds is 5. The van der Waals surface area contributed by atoms with Crippen molar-refractivity contribution in [2.24, 2.45) is 11.8 Å². The lowest BCUT2D eigenvalue weighted by molar-refractivity contribution is -0.141. The smallest absolute Gasteiger partial charge is 0.302 e. The van der Waals surface area contributed by atoms with Gasteiger partial charge >= 0.3 is 11.9 Å². The molecule has 0 bridgehead atoms. The zero-order chi connectivity index (χ0) is 10.6. The molecule has 1 fully saturated rings. The molecule has 0 unspecified atom stereocenters. The Morgan fingerprint density at radius 2 is 1.79 bits per heavy atom. The quantitative estimate of drug-likeness (QED) is 0.624. The molecule has 0 heterocycles. The molecule has 0 aliphatic heterocycles. The van der Waals surface area contributed by atoms with Gasteiger partial charge in [-0.2, -0.15) is 0 Å². The van der Waals surface area contributed by atoms with E-state index in [1.165, 1.54) is 13.8 Å². The van der Waals surface area contributed by atoms with Gasteiger partial charge in [0.25, 0.3) is 0 Å². The van der Waals surface area contributed by atoms with E-state index in [1.54, 1.807) is 0 Å². The molecule has 4 nitrogen and oxygen atoms in total. The van der Waals surface area contributed by atoms with Crippen LogP contribution in [0.15, 0.2) is 0 Å². The second kappa shape index (κ2) is 4.98. The minimum Gasteiger partial charge on any atom is -0.466 e. The van der Waals surface area contributed by atoms with Crippen LogP contribution in [0.25, 0.3) is 0 Å². The van der Waals surface area contributed by atoms with Crippen LogP contribution >= 0.6 is 0 Å². The SMILES string of the molecule is CC(=O)OCC[C@@H]1C[C@H]1COC(C)=O. The maximum absolute atomic E-state index is 10.5. The van der Waals surface area contributed by atoms with Crippen LogP contribution in [0.2, 0.25) is 0 Å². The van der Waals surface area contributed by atoms with Gasteiger partial charge in [0.1, 0.15) is 0 Å². The van der Waals surface area contributed by atoms with Gasteiger partial charge in [0.15, 0.2) is 0 Å². The molecule has 80 valence electrons. The van der Waals surface area contributed by atoms with E-state index in [4.69, 9.17) is 9.47 Å². The van der Waals surface area contributed by atoms with Gasteiger partial charge in [-0.25, -0.2) is 0 Å². The second-order valence-electron chi connectivity index (χ2n) is 3.69. The maximum Gasteiger partial charge on any atom is 0.302 e. The summed E-state index contributed by atoms with van der Waals surface area (Å²) in [7, 11) is 0. The lowest BCUT2D eigenvalue weighted by Gasteiger charge is -2.01. The molecule has 0 aromatic heterocycles. The fraction of sp³-hybridized carbons (Fsp3) is 0.800. The summed E-state index contributed by atoms with van der Waals surface area (Å²) in [5, 5.41) is 0. The van der Waals surface area contributed by atoms with Crippen LogP contribution < -0.4 is 0 Å². The highest BCUT2D eigenvalue weighted by Gasteiger charge is 2.37. The Morgan fingerprint density at radius 3 is 2.36 bits per heavy atom. The van der Waals surface area contributed by atoms with E-state index in [-0.39, 0.29) is 11.9 Å². The van der Waals surface area contributed by atoms with Crippen molar-refractivity contribution >= 4 is 11.9 Å². The van der Waals surface area contributed by atoms with E-state index >= 15 is 0 Å². The average Bonchev–Trinajstić information content (AvgIpc) is 2.79. The highest BCUT2D eigenvalue weighted by molar-refractivity contribution is 5.66. The Bertz CT molecular complexity index is 224. The third-order valence-electron chi connectivity index (χ3n) is 2.36. The maximum atomic E-state index is 10.5. The Labute approximate surface area is 83.6 Å². The molecule has 1 aliphatic carbocycles. The standard InChI is InChI=1S/C10H16O4/c1-7(11)13-4-3-9-5-10(9)6-14-8(2)12/h9-10H,3-6H2,1-2H3/t9-,10+/m1/s1. The van der Waals surface area contributed by atoms with Crippen molar-refractivity contribution in [1.29, 1.82) is 0 Å². The predicted molar refractivity (Wildman–Crippen MR) is 49.5 cm³/mol. The molecule has 1 saturated carbocycles. The summed E-state index contributed by atoms with van der Waals surface area (Å²) >= 11 is 0. The topological polar surface area (TPSA) is 52.6 Å². The number of esters is 2. The Hall–Kier alpha value is -1.06. The van der Waals surface area contributed by atoms with Crippen molar-refractivity contribution in [3.05, 3.63) is 0 Å². The third kappa shape index (κ3) is 4.25. The molecule has 14 heavy (non-hydrogen) atoms. The van der Waals surface area contributed by atoms with E-state index in [1.807, 2.05) is 0 Å². The highest BCUT2D eigenvalue weighted by atomic mass is 16.5. The van der Waals surface area contributed by atoms with E-state index < -0.39 is 0 Å². The van der Waals surface area contributed by atoms with E-state index in [2.05, 4.69) is 0 Å². The van der Waals surface area contributed by atoms with Gasteiger partial charge in [-0.05, 0) is 24.7 Å². The first-order valence-corrected chi connectivity index (χ1v) is 4.86. The van der Waals surface area contributed by atoms with Gasteiger partial charge in [-0.1, -0.05) is 0 Å². The first-order chi connectivity index (χ1) is 6.59. The normalized spacial score (nSPS) is 24.1. The van der Waals surface area contributed by atoms with Gasteiger partial charge in [-0.15, -0.1) is 0 Å². The molecule has 1 aliphatic rings. The molecular formula is C10H16O4. The van der Waals surface area contributed by atoms with Gasteiger partial charge in [0.2, 0.25) is 0 Å². The Balaban J connectivity index is 1.97. The van der Waals surface area contributed by atoms with Gasteiger partial charge in [0.05, 0.1) is 13.2 Å². The fourth-order valence-corrected chi connectivity index (χ4v) is 1.45. The molecule has 0 radical (unpaired) electrons. The summed E-state index contributed by atoms with van der Waals surface area (Å²) in [4.78, 5) is 20.9. The van der Waals surface area contributed by atoms with Crippen LogP contribution in [-0.2, 0) is 19.1 Å². The number of hydrogen-bond donors (Lipinski definition) is 0. The first-order valence-electron chi connectivity index (χ1n) is 4.86. The zero-order valence-corrected chi connectivity index (χ0v) is 8.62. The average molecular weight is 200 g/mol. The number of carbonyl (C=O) groups excluding carboxylic acids is 2. The van der Waals surface area contributed by atoms with Gasteiger partial charge in [-0.3, -0.25) is 9.59 Å². The first kappa shape index (κ1) is 11.0. The lowest BCUT2D eigenvalue weighted by atomic mass is 10.2. The van der Waals surface area contributed by atoms with Crippen molar-refractivity contribution in [1.82, 2.24) is 0 Å². The summed E-state index contributed by atoms with van der Waals surface area (Å²) in [5.41, 5.74) is 0. The van der Waals surface area contributed by atoms with Gasteiger partial charge in [0, 0.05) is 13.8 Å². The minimum absolute atomic E-state index is 0.226. The molecule has 0 spiro atoms. The van der Waals surface area contributed by atoms with Crippen molar-refractivity contribution in [2.45, 2.75) is 26.7 Å². The summed E-state index contributed by atoms with van der Waals surface area (Å²) in [6.45, 7) is 3.82. The minimum atomic E-state index is -0.234. The molecular weight excluding hydrogens is 184 g/mol. The largest absolute Gasteiger partial charge is 0.466 e. The van der Waals surface area contributed by atoms with Gasteiger partial charge < -0.3 is 9.47 Å². The molecule has 1 rings (SSSR count). The molecule has 4 heteroatoms. The van der Waals surface area contributed by atoms with Crippen LogP contribution in [0, 0.1) is 11.8 Å². The van der Waals surface area contributed by atoms with Crippen LogP contribution in [0.3, 0.4) is 0 Å². The molecule has 0 amide bonds. The monoisotopic (exact) mass is 200 g/mol. The van der Waals surface area contributed by atoms with E-state index in [0.29, 0.717) is 25.0 Å². The number of carbonyl (C=O) groups is 2. The summed E-state index contributed by atoms with van der Waals surface area (Å²) in [5.74, 6) is 0.584. The van der Waals surface area contributed by atoms with Crippen molar-refractivity contribution in [3.63, 3.8) is 0 Å². The highest BCUT2D eigenvalue weighted by Crippen LogP contribution is 2.41. The Kier molecular flexibility index (Phi) is 3.92. The molecule has 2 atom stereocenters. The Morgan fingerprint density at radius 1 is 1.14 bits per heavy atom. The number of ether oxygens (including phenoxy) is 2. The van der Waals surface area contributed by atoms with Crippen molar-refractivity contribution in [2.75, 3.05) is 13.2 Å². The molecule has 0 aromatic carbocycles.